The normalized spacial score (nSPS) is 13.2. The Morgan fingerprint density at radius 2 is 2.23 bits per heavy atom. The number of imidazole rings is 1. The highest BCUT2D eigenvalue weighted by atomic mass is 16.5. The largest absolute Gasteiger partial charge is 0.378 e. The summed E-state index contributed by atoms with van der Waals surface area (Å²) >= 11 is 0. The third-order valence-electron chi connectivity index (χ3n) is 1.89. The molecule has 0 bridgehead atoms. The van der Waals surface area contributed by atoms with Crippen molar-refractivity contribution in [3.05, 3.63) is 18.7 Å². The lowest BCUT2D eigenvalue weighted by Crippen LogP contribution is -2.32. The van der Waals surface area contributed by atoms with Gasteiger partial charge in [-0.3, -0.25) is 0 Å². The van der Waals surface area contributed by atoms with Gasteiger partial charge in [0.05, 0.1) is 6.10 Å². The lowest BCUT2D eigenvalue weighted by Gasteiger charge is -2.04. The van der Waals surface area contributed by atoms with Crippen LogP contribution in [0, 0.1) is 0 Å². The molecule has 0 saturated carbocycles. The minimum absolute atomic E-state index is 0.239. The second-order valence-corrected chi connectivity index (χ2v) is 3.09. The average Bonchev–Trinajstić information content (AvgIpc) is 2.53. The Morgan fingerprint density at radius 3 is 2.85 bits per heavy atom. The molecule has 1 heterocycles. The average molecular weight is 185 g/mol. The molecular formula is C9H17N2O2+. The molecule has 0 aliphatic heterocycles. The van der Waals surface area contributed by atoms with Gasteiger partial charge in [-0.25, -0.2) is 9.13 Å². The lowest BCUT2D eigenvalue weighted by molar-refractivity contribution is -0.730. The highest BCUT2D eigenvalue weighted by Gasteiger charge is 2.06. The molecule has 0 spiro atoms. The molecule has 13 heavy (non-hydrogen) atoms. The van der Waals surface area contributed by atoms with Gasteiger partial charge in [-0.2, -0.15) is 0 Å². The smallest absolute Gasteiger partial charge is 0.245 e. The maximum atomic E-state index is 5.16. The molecule has 0 radical (unpaired) electrons. The first-order valence-corrected chi connectivity index (χ1v) is 4.33. The van der Waals surface area contributed by atoms with Crippen LogP contribution in [0.15, 0.2) is 18.7 Å². The number of hydrogen-bond donors (Lipinski definition) is 0. The second kappa shape index (κ2) is 4.99. The summed E-state index contributed by atoms with van der Waals surface area (Å²) in [6, 6.07) is 0. The number of rotatable bonds is 5. The molecule has 0 N–H and O–H groups in total. The summed E-state index contributed by atoms with van der Waals surface area (Å²) in [7, 11) is 3.40. The molecule has 1 aromatic heterocycles. The zero-order valence-electron chi connectivity index (χ0n) is 8.43. The molecule has 0 aromatic carbocycles. The van der Waals surface area contributed by atoms with Crippen LogP contribution in [-0.2, 0) is 22.7 Å². The molecule has 0 aliphatic rings. The van der Waals surface area contributed by atoms with Crippen molar-refractivity contribution in [3.8, 4) is 0 Å². The minimum Gasteiger partial charge on any atom is -0.378 e. The summed E-state index contributed by atoms with van der Waals surface area (Å²) in [5, 5.41) is 0. The van der Waals surface area contributed by atoms with Crippen molar-refractivity contribution in [1.82, 2.24) is 4.57 Å². The van der Waals surface area contributed by atoms with Crippen LogP contribution in [0.2, 0.25) is 0 Å². The van der Waals surface area contributed by atoms with Gasteiger partial charge in [-0.15, -0.1) is 0 Å². The van der Waals surface area contributed by atoms with Gasteiger partial charge in [0, 0.05) is 14.2 Å². The second-order valence-electron chi connectivity index (χ2n) is 3.09. The third-order valence-corrected chi connectivity index (χ3v) is 1.89. The molecule has 0 amide bonds. The maximum absolute atomic E-state index is 5.16. The van der Waals surface area contributed by atoms with Crippen molar-refractivity contribution in [2.45, 2.75) is 26.3 Å². The van der Waals surface area contributed by atoms with E-state index in [-0.39, 0.29) is 6.10 Å². The van der Waals surface area contributed by atoms with E-state index < -0.39 is 0 Å². The molecular weight excluding hydrogens is 168 g/mol. The summed E-state index contributed by atoms with van der Waals surface area (Å²) < 4.78 is 14.2. The summed E-state index contributed by atoms with van der Waals surface area (Å²) in [5.74, 6) is 0. The topological polar surface area (TPSA) is 27.3 Å². The van der Waals surface area contributed by atoms with Crippen LogP contribution in [0.4, 0.5) is 0 Å². The van der Waals surface area contributed by atoms with Gasteiger partial charge < -0.3 is 9.47 Å². The van der Waals surface area contributed by atoms with Crippen LogP contribution in [-0.4, -0.2) is 24.9 Å². The molecule has 4 nitrogen and oxygen atoms in total. The first kappa shape index (κ1) is 10.2. The van der Waals surface area contributed by atoms with Crippen molar-refractivity contribution in [2.24, 2.45) is 0 Å². The molecule has 0 saturated heterocycles. The van der Waals surface area contributed by atoms with E-state index in [0.29, 0.717) is 6.73 Å². The van der Waals surface area contributed by atoms with E-state index in [1.54, 1.807) is 14.2 Å². The Balaban J connectivity index is 2.48. The van der Waals surface area contributed by atoms with Gasteiger partial charge in [-0.05, 0) is 6.92 Å². The number of ether oxygens (including phenoxy) is 2. The zero-order valence-corrected chi connectivity index (χ0v) is 8.43. The molecule has 1 rings (SSSR count). The number of aromatic nitrogens is 2. The highest BCUT2D eigenvalue weighted by molar-refractivity contribution is 4.67. The van der Waals surface area contributed by atoms with Gasteiger partial charge in [0.2, 0.25) is 6.33 Å². The summed E-state index contributed by atoms with van der Waals surface area (Å²) in [4.78, 5) is 0. The predicted molar refractivity (Wildman–Crippen MR) is 48.1 cm³/mol. The van der Waals surface area contributed by atoms with Crippen molar-refractivity contribution < 1.29 is 14.0 Å². The Bertz CT molecular complexity index is 248. The van der Waals surface area contributed by atoms with Crippen molar-refractivity contribution in [2.75, 3.05) is 14.2 Å². The van der Waals surface area contributed by atoms with Gasteiger partial charge >= 0.3 is 0 Å². The van der Waals surface area contributed by atoms with Crippen LogP contribution in [0.5, 0.6) is 0 Å². The first-order valence-electron chi connectivity index (χ1n) is 4.33. The standard InChI is InChI=1S/C9H17N2O2/c1-9(13-3)6-10-4-5-11(7-10)8-12-2/h4-5,7,9H,6,8H2,1-3H3/q+1. The fraction of sp³-hybridized carbons (Fsp3) is 0.667. The van der Waals surface area contributed by atoms with Crippen molar-refractivity contribution in [1.29, 1.82) is 0 Å². The van der Waals surface area contributed by atoms with Crippen LogP contribution in [0.3, 0.4) is 0 Å². The van der Waals surface area contributed by atoms with E-state index in [1.165, 1.54) is 0 Å². The maximum Gasteiger partial charge on any atom is 0.245 e. The Kier molecular flexibility index (Phi) is 3.92. The van der Waals surface area contributed by atoms with Crippen molar-refractivity contribution in [3.63, 3.8) is 0 Å². The number of nitrogens with zero attached hydrogens (tertiary/aromatic N) is 2. The van der Waals surface area contributed by atoms with E-state index in [2.05, 4.69) is 4.57 Å². The Hall–Kier alpha value is -0.870. The highest BCUT2D eigenvalue weighted by Crippen LogP contribution is 1.93. The first-order chi connectivity index (χ1) is 6.26. The van der Waals surface area contributed by atoms with E-state index >= 15 is 0 Å². The Morgan fingerprint density at radius 1 is 1.46 bits per heavy atom. The van der Waals surface area contributed by atoms with Gasteiger partial charge in [0.1, 0.15) is 18.9 Å². The zero-order chi connectivity index (χ0) is 9.68. The van der Waals surface area contributed by atoms with E-state index in [1.807, 2.05) is 30.2 Å². The van der Waals surface area contributed by atoms with Crippen LogP contribution in [0.25, 0.3) is 0 Å². The third kappa shape index (κ3) is 3.16. The van der Waals surface area contributed by atoms with Gasteiger partial charge in [0.25, 0.3) is 0 Å². The van der Waals surface area contributed by atoms with E-state index in [4.69, 9.17) is 9.47 Å². The number of methoxy groups -OCH3 is 2. The predicted octanol–water partition coefficient (Wildman–Crippen LogP) is 0.414. The monoisotopic (exact) mass is 185 g/mol. The fourth-order valence-electron chi connectivity index (χ4n) is 1.14. The van der Waals surface area contributed by atoms with Crippen LogP contribution < -0.4 is 4.57 Å². The SMILES string of the molecule is COC[n+]1ccn(CC(C)OC)c1. The fourth-order valence-corrected chi connectivity index (χ4v) is 1.14. The summed E-state index contributed by atoms with van der Waals surface area (Å²) in [5.41, 5.74) is 0. The molecule has 1 aromatic rings. The van der Waals surface area contributed by atoms with E-state index in [0.717, 1.165) is 6.54 Å². The number of hydrogen-bond acceptors (Lipinski definition) is 2. The lowest BCUT2D eigenvalue weighted by atomic mass is 10.4. The van der Waals surface area contributed by atoms with Crippen molar-refractivity contribution >= 4 is 0 Å². The summed E-state index contributed by atoms with van der Waals surface area (Å²) in [6.45, 7) is 3.50. The molecule has 4 heteroatoms. The minimum atomic E-state index is 0.239. The Labute approximate surface area is 78.7 Å². The van der Waals surface area contributed by atoms with Gasteiger partial charge in [-0.1, -0.05) is 0 Å². The summed E-state index contributed by atoms with van der Waals surface area (Å²) in [6.07, 6.45) is 6.22. The quantitative estimate of drug-likeness (QED) is 0.621. The van der Waals surface area contributed by atoms with Gasteiger partial charge in [0.15, 0.2) is 6.73 Å². The molecule has 0 fully saturated rings. The molecule has 1 unspecified atom stereocenters. The van der Waals surface area contributed by atoms with Crippen LogP contribution in [0.1, 0.15) is 6.92 Å². The molecule has 1 atom stereocenters. The molecule has 0 aliphatic carbocycles. The van der Waals surface area contributed by atoms with Crippen LogP contribution >= 0.6 is 0 Å². The van der Waals surface area contributed by atoms with E-state index in [9.17, 15) is 0 Å². The molecule has 74 valence electrons.